The number of hydrogen-bond donors (Lipinski definition) is 2. The first-order valence-corrected chi connectivity index (χ1v) is 7.43. The van der Waals surface area contributed by atoms with Crippen molar-refractivity contribution in [1.29, 1.82) is 0 Å². The molecule has 3 heterocycles. The molecule has 0 aliphatic heterocycles. The molecular weight excluding hydrogens is 304 g/mol. The van der Waals surface area contributed by atoms with E-state index in [4.69, 9.17) is 0 Å². The number of aromatic amines is 1. The normalized spacial score (nSPS) is 10.9. The van der Waals surface area contributed by atoms with Crippen LogP contribution in [0, 0.1) is 6.92 Å². The molecule has 1 aromatic carbocycles. The number of aryl methyl sites for hydroxylation is 1. The minimum Gasteiger partial charge on any atom is -0.322 e. The van der Waals surface area contributed by atoms with Crippen LogP contribution in [0.5, 0.6) is 0 Å². The molecule has 7 nitrogen and oxygen atoms in total. The molecule has 1 amide bonds. The van der Waals surface area contributed by atoms with E-state index in [1.165, 1.54) is 0 Å². The maximum atomic E-state index is 12.6. The highest BCUT2D eigenvalue weighted by molar-refractivity contribution is 6.09. The third-order valence-electron chi connectivity index (χ3n) is 3.87. The lowest BCUT2D eigenvalue weighted by atomic mass is 10.1. The van der Waals surface area contributed by atoms with E-state index in [2.05, 4.69) is 25.8 Å². The molecule has 0 saturated heterocycles. The highest BCUT2D eigenvalue weighted by Crippen LogP contribution is 2.24. The lowest BCUT2D eigenvalue weighted by Gasteiger charge is -2.09. The van der Waals surface area contributed by atoms with E-state index >= 15 is 0 Å². The van der Waals surface area contributed by atoms with Crippen LogP contribution in [0.1, 0.15) is 15.9 Å². The Morgan fingerprint density at radius 3 is 2.96 bits per heavy atom. The standard InChI is InChI=1S/C17H14N6O/c1-11-5-6-12(15-10-18-22-21-15)8-14(11)20-17(24)13-9-19-23-7-3-2-4-16(13)23/h2-10H,1H3,(H,20,24)(H,18,21,22). The van der Waals surface area contributed by atoms with E-state index in [9.17, 15) is 4.79 Å². The number of aromatic nitrogens is 5. The molecule has 4 rings (SSSR count). The van der Waals surface area contributed by atoms with Gasteiger partial charge >= 0.3 is 0 Å². The first-order valence-electron chi connectivity index (χ1n) is 7.43. The van der Waals surface area contributed by atoms with Crippen LogP contribution >= 0.6 is 0 Å². The van der Waals surface area contributed by atoms with E-state index in [0.717, 1.165) is 28.0 Å². The summed E-state index contributed by atoms with van der Waals surface area (Å²) in [5.74, 6) is -0.198. The number of benzene rings is 1. The second-order valence-electron chi connectivity index (χ2n) is 5.43. The number of rotatable bonds is 3. The fraction of sp³-hybridized carbons (Fsp3) is 0.0588. The molecule has 0 fully saturated rings. The van der Waals surface area contributed by atoms with E-state index in [0.29, 0.717) is 5.56 Å². The molecule has 0 bridgehead atoms. The molecule has 118 valence electrons. The van der Waals surface area contributed by atoms with Gasteiger partial charge in [-0.2, -0.15) is 20.5 Å². The van der Waals surface area contributed by atoms with Crippen LogP contribution in [0.2, 0.25) is 0 Å². The molecule has 0 saturated carbocycles. The van der Waals surface area contributed by atoms with E-state index < -0.39 is 0 Å². The van der Waals surface area contributed by atoms with E-state index in [1.807, 2.05) is 49.5 Å². The molecule has 2 N–H and O–H groups in total. The average Bonchev–Trinajstić information content (AvgIpc) is 3.26. The smallest absolute Gasteiger partial charge is 0.259 e. The minimum absolute atomic E-state index is 0.198. The fourth-order valence-corrected chi connectivity index (χ4v) is 2.56. The fourth-order valence-electron chi connectivity index (χ4n) is 2.56. The van der Waals surface area contributed by atoms with Crippen LogP contribution in [0.15, 0.2) is 55.0 Å². The highest BCUT2D eigenvalue weighted by Gasteiger charge is 2.14. The largest absolute Gasteiger partial charge is 0.322 e. The molecule has 24 heavy (non-hydrogen) atoms. The third kappa shape index (κ3) is 2.41. The summed E-state index contributed by atoms with van der Waals surface area (Å²) in [5, 5.41) is 17.6. The van der Waals surface area contributed by atoms with Gasteiger partial charge in [0.25, 0.3) is 5.91 Å². The van der Waals surface area contributed by atoms with Gasteiger partial charge in [0.05, 0.1) is 23.5 Å². The summed E-state index contributed by atoms with van der Waals surface area (Å²) in [6, 6.07) is 11.4. The number of nitrogens with one attached hydrogen (secondary N) is 2. The predicted molar refractivity (Wildman–Crippen MR) is 89.7 cm³/mol. The lowest BCUT2D eigenvalue weighted by Crippen LogP contribution is -2.12. The van der Waals surface area contributed by atoms with Crippen molar-refractivity contribution in [2.24, 2.45) is 0 Å². The molecule has 0 aliphatic rings. The van der Waals surface area contributed by atoms with Crippen molar-refractivity contribution < 1.29 is 4.79 Å². The molecule has 7 heteroatoms. The number of carbonyl (C=O) groups is 1. The van der Waals surface area contributed by atoms with Crippen molar-refractivity contribution in [2.75, 3.05) is 5.32 Å². The Labute approximate surface area is 137 Å². The average molecular weight is 318 g/mol. The van der Waals surface area contributed by atoms with Crippen molar-refractivity contribution >= 4 is 17.1 Å². The summed E-state index contributed by atoms with van der Waals surface area (Å²) in [6.07, 6.45) is 5.02. The summed E-state index contributed by atoms with van der Waals surface area (Å²) in [6.45, 7) is 1.94. The van der Waals surface area contributed by atoms with Gasteiger partial charge in [0, 0.05) is 17.4 Å². The number of hydrogen-bond acceptors (Lipinski definition) is 4. The molecule has 0 spiro atoms. The summed E-state index contributed by atoms with van der Waals surface area (Å²) >= 11 is 0. The zero-order valence-electron chi connectivity index (χ0n) is 12.9. The summed E-state index contributed by atoms with van der Waals surface area (Å²) in [5.41, 5.74) is 4.59. The van der Waals surface area contributed by atoms with Crippen LogP contribution in [-0.4, -0.2) is 30.9 Å². The molecule has 4 aromatic rings. The van der Waals surface area contributed by atoms with Gasteiger partial charge in [-0.25, -0.2) is 4.52 Å². The van der Waals surface area contributed by atoms with Crippen molar-refractivity contribution in [3.8, 4) is 11.3 Å². The second kappa shape index (κ2) is 5.62. The Bertz CT molecular complexity index is 1020. The number of amides is 1. The van der Waals surface area contributed by atoms with Gasteiger partial charge in [-0.15, -0.1) is 0 Å². The van der Waals surface area contributed by atoms with Crippen LogP contribution < -0.4 is 5.32 Å². The van der Waals surface area contributed by atoms with Crippen molar-refractivity contribution in [1.82, 2.24) is 25.0 Å². The quantitative estimate of drug-likeness (QED) is 0.608. The maximum absolute atomic E-state index is 12.6. The van der Waals surface area contributed by atoms with Gasteiger partial charge in [0.2, 0.25) is 0 Å². The van der Waals surface area contributed by atoms with Crippen molar-refractivity contribution in [2.45, 2.75) is 6.92 Å². The Kier molecular flexibility index (Phi) is 3.31. The minimum atomic E-state index is -0.198. The predicted octanol–water partition coefficient (Wildman–Crippen LogP) is 2.68. The number of H-pyrrole nitrogens is 1. The number of nitrogens with zero attached hydrogens (tertiary/aromatic N) is 4. The monoisotopic (exact) mass is 318 g/mol. The van der Waals surface area contributed by atoms with E-state index in [-0.39, 0.29) is 5.91 Å². The van der Waals surface area contributed by atoms with Gasteiger partial charge in [0.15, 0.2) is 0 Å². The molecule has 0 unspecified atom stereocenters. The van der Waals surface area contributed by atoms with Gasteiger partial charge in [-0.05, 0) is 30.7 Å². The topological polar surface area (TPSA) is 88.0 Å². The lowest BCUT2D eigenvalue weighted by molar-refractivity contribution is 0.102. The zero-order chi connectivity index (χ0) is 16.5. The number of pyridine rings is 1. The van der Waals surface area contributed by atoms with Gasteiger partial charge in [0.1, 0.15) is 5.69 Å². The van der Waals surface area contributed by atoms with Crippen molar-refractivity contribution in [3.63, 3.8) is 0 Å². The van der Waals surface area contributed by atoms with Gasteiger partial charge < -0.3 is 5.32 Å². The number of anilines is 1. The first kappa shape index (κ1) is 14.1. The summed E-state index contributed by atoms with van der Waals surface area (Å²) in [4.78, 5) is 12.6. The molecule has 0 radical (unpaired) electrons. The van der Waals surface area contributed by atoms with Gasteiger partial charge in [-0.1, -0.05) is 18.2 Å². The molecule has 3 aromatic heterocycles. The molecule has 0 atom stereocenters. The Morgan fingerprint density at radius 1 is 1.21 bits per heavy atom. The van der Waals surface area contributed by atoms with Crippen LogP contribution in [0.3, 0.4) is 0 Å². The Hall–Kier alpha value is -3.48. The highest BCUT2D eigenvalue weighted by atomic mass is 16.1. The zero-order valence-corrected chi connectivity index (χ0v) is 12.9. The Balaban J connectivity index is 1.67. The van der Waals surface area contributed by atoms with Crippen LogP contribution in [0.25, 0.3) is 16.8 Å². The second-order valence-corrected chi connectivity index (χ2v) is 5.43. The van der Waals surface area contributed by atoms with Crippen LogP contribution in [0.4, 0.5) is 5.69 Å². The molecule has 0 aliphatic carbocycles. The SMILES string of the molecule is Cc1ccc(-c2cn[nH]n2)cc1NC(=O)c1cnn2ccccc12. The number of carbonyl (C=O) groups excluding carboxylic acids is 1. The third-order valence-corrected chi connectivity index (χ3v) is 3.87. The van der Waals surface area contributed by atoms with Gasteiger partial charge in [-0.3, -0.25) is 4.79 Å². The summed E-state index contributed by atoms with van der Waals surface area (Å²) < 4.78 is 1.67. The molecular formula is C17H14N6O. The maximum Gasteiger partial charge on any atom is 0.259 e. The Morgan fingerprint density at radius 2 is 2.12 bits per heavy atom. The van der Waals surface area contributed by atoms with E-state index in [1.54, 1.807) is 16.9 Å². The number of fused-ring (bicyclic) bond motifs is 1. The summed E-state index contributed by atoms with van der Waals surface area (Å²) in [7, 11) is 0. The first-order chi connectivity index (χ1) is 11.7. The van der Waals surface area contributed by atoms with Crippen molar-refractivity contribution in [3.05, 3.63) is 66.1 Å². The van der Waals surface area contributed by atoms with Crippen LogP contribution in [-0.2, 0) is 0 Å².